The van der Waals surface area contributed by atoms with Gasteiger partial charge in [-0.2, -0.15) is 0 Å². The molecular formula is C18H16O4. The van der Waals surface area contributed by atoms with Crippen LogP contribution >= 0.6 is 0 Å². The first kappa shape index (κ1) is 14.2. The van der Waals surface area contributed by atoms with E-state index in [1.807, 2.05) is 25.1 Å². The quantitative estimate of drug-likeness (QED) is 0.738. The van der Waals surface area contributed by atoms with Crippen LogP contribution in [0, 0.1) is 6.92 Å². The Balaban J connectivity index is 2.23. The molecule has 0 saturated heterocycles. The van der Waals surface area contributed by atoms with Gasteiger partial charge >= 0.3 is 0 Å². The van der Waals surface area contributed by atoms with Crippen LogP contribution in [-0.2, 0) is 0 Å². The number of ether oxygens (including phenoxy) is 2. The van der Waals surface area contributed by atoms with Crippen molar-refractivity contribution in [2.75, 3.05) is 14.2 Å². The van der Waals surface area contributed by atoms with Gasteiger partial charge in [0.1, 0.15) is 11.8 Å². The summed E-state index contributed by atoms with van der Waals surface area (Å²) >= 11 is 0. The lowest BCUT2D eigenvalue weighted by Crippen LogP contribution is -2.05. The molecule has 0 aliphatic carbocycles. The van der Waals surface area contributed by atoms with Crippen LogP contribution in [-0.4, -0.2) is 14.2 Å². The van der Waals surface area contributed by atoms with Crippen LogP contribution in [0.5, 0.6) is 11.5 Å². The zero-order chi connectivity index (χ0) is 15.7. The predicted molar refractivity (Wildman–Crippen MR) is 85.8 cm³/mol. The van der Waals surface area contributed by atoms with Crippen molar-refractivity contribution in [1.82, 2.24) is 0 Å². The molecule has 0 atom stereocenters. The molecular weight excluding hydrogens is 280 g/mol. The zero-order valence-corrected chi connectivity index (χ0v) is 12.7. The molecule has 0 unspecified atom stereocenters. The second-order valence-corrected chi connectivity index (χ2v) is 5.00. The first-order valence-corrected chi connectivity index (χ1v) is 6.89. The van der Waals surface area contributed by atoms with E-state index in [0.29, 0.717) is 28.0 Å². The molecule has 0 saturated carbocycles. The molecule has 0 amide bonds. The largest absolute Gasteiger partial charge is 0.493 e. The van der Waals surface area contributed by atoms with E-state index in [-0.39, 0.29) is 5.43 Å². The molecule has 0 radical (unpaired) electrons. The summed E-state index contributed by atoms with van der Waals surface area (Å²) in [5.41, 5.74) is 2.73. The first-order valence-electron chi connectivity index (χ1n) is 6.89. The Kier molecular flexibility index (Phi) is 3.59. The van der Waals surface area contributed by atoms with E-state index in [0.717, 1.165) is 11.1 Å². The van der Waals surface area contributed by atoms with Gasteiger partial charge in [0, 0.05) is 0 Å². The molecule has 22 heavy (non-hydrogen) atoms. The molecule has 0 fully saturated rings. The monoisotopic (exact) mass is 296 g/mol. The Morgan fingerprint density at radius 1 is 1.00 bits per heavy atom. The summed E-state index contributed by atoms with van der Waals surface area (Å²) in [6.45, 7) is 1.92. The van der Waals surface area contributed by atoms with Crippen LogP contribution in [0.15, 0.2) is 51.9 Å². The van der Waals surface area contributed by atoms with Crippen LogP contribution in [0.4, 0.5) is 0 Å². The van der Waals surface area contributed by atoms with Crippen molar-refractivity contribution < 1.29 is 13.9 Å². The highest BCUT2D eigenvalue weighted by atomic mass is 16.5. The first-order chi connectivity index (χ1) is 10.7. The molecule has 0 aliphatic rings. The lowest BCUT2D eigenvalue weighted by atomic mass is 10.0. The van der Waals surface area contributed by atoms with Crippen molar-refractivity contribution in [3.63, 3.8) is 0 Å². The number of aryl methyl sites for hydroxylation is 1. The fourth-order valence-corrected chi connectivity index (χ4v) is 2.51. The molecule has 0 bridgehead atoms. The minimum absolute atomic E-state index is 0.0582. The fourth-order valence-electron chi connectivity index (χ4n) is 2.51. The Morgan fingerprint density at radius 2 is 1.77 bits per heavy atom. The third-order valence-electron chi connectivity index (χ3n) is 3.69. The van der Waals surface area contributed by atoms with E-state index in [4.69, 9.17) is 13.9 Å². The SMILES string of the molecule is COc1ccc(-c2coc3c(C)cccc3c2=O)cc1OC. The molecule has 4 heteroatoms. The smallest absolute Gasteiger partial charge is 0.200 e. The third-order valence-corrected chi connectivity index (χ3v) is 3.69. The average molecular weight is 296 g/mol. The number of methoxy groups -OCH3 is 2. The van der Waals surface area contributed by atoms with Crippen LogP contribution < -0.4 is 14.9 Å². The summed E-state index contributed by atoms with van der Waals surface area (Å²) in [4.78, 5) is 12.7. The van der Waals surface area contributed by atoms with E-state index in [1.54, 1.807) is 32.4 Å². The van der Waals surface area contributed by atoms with E-state index in [2.05, 4.69) is 0 Å². The number of fused-ring (bicyclic) bond motifs is 1. The Hall–Kier alpha value is -2.75. The highest BCUT2D eigenvalue weighted by Crippen LogP contribution is 2.32. The van der Waals surface area contributed by atoms with Crippen LogP contribution in [0.3, 0.4) is 0 Å². The summed E-state index contributed by atoms with van der Waals surface area (Å²) in [7, 11) is 3.14. The number of hydrogen-bond acceptors (Lipinski definition) is 4. The Labute approximate surface area is 127 Å². The van der Waals surface area contributed by atoms with Crippen molar-refractivity contribution in [2.24, 2.45) is 0 Å². The van der Waals surface area contributed by atoms with Gasteiger partial charge < -0.3 is 13.9 Å². The van der Waals surface area contributed by atoms with Crippen molar-refractivity contribution in [3.8, 4) is 22.6 Å². The fraction of sp³-hybridized carbons (Fsp3) is 0.167. The average Bonchev–Trinajstić information content (AvgIpc) is 2.55. The van der Waals surface area contributed by atoms with Crippen molar-refractivity contribution in [2.45, 2.75) is 6.92 Å². The second kappa shape index (κ2) is 5.56. The Morgan fingerprint density at radius 3 is 2.50 bits per heavy atom. The second-order valence-electron chi connectivity index (χ2n) is 5.00. The molecule has 112 valence electrons. The van der Waals surface area contributed by atoms with Crippen molar-refractivity contribution >= 4 is 11.0 Å². The topological polar surface area (TPSA) is 48.7 Å². The molecule has 2 aromatic carbocycles. The van der Waals surface area contributed by atoms with Gasteiger partial charge in [-0.05, 0) is 36.2 Å². The standard InChI is InChI=1S/C18H16O4/c1-11-5-4-6-13-17(19)14(10-22-18(11)13)12-7-8-15(20-2)16(9-12)21-3/h4-10H,1-3H3. The number of rotatable bonds is 3. The Bertz CT molecular complexity index is 893. The van der Waals surface area contributed by atoms with Crippen molar-refractivity contribution in [3.05, 3.63) is 58.4 Å². The van der Waals surface area contributed by atoms with Crippen LogP contribution in [0.1, 0.15) is 5.56 Å². The molecule has 3 aromatic rings. The highest BCUT2D eigenvalue weighted by molar-refractivity contribution is 5.84. The van der Waals surface area contributed by atoms with Gasteiger partial charge in [-0.25, -0.2) is 0 Å². The summed E-state index contributed by atoms with van der Waals surface area (Å²) in [5.74, 6) is 1.19. The molecule has 0 aliphatic heterocycles. The molecule has 1 heterocycles. The zero-order valence-electron chi connectivity index (χ0n) is 12.7. The van der Waals surface area contributed by atoms with E-state index >= 15 is 0 Å². The maximum Gasteiger partial charge on any atom is 0.200 e. The summed E-state index contributed by atoms with van der Waals surface area (Å²) in [6.07, 6.45) is 1.50. The minimum Gasteiger partial charge on any atom is -0.493 e. The molecule has 0 spiro atoms. The van der Waals surface area contributed by atoms with Gasteiger partial charge in [-0.15, -0.1) is 0 Å². The normalized spacial score (nSPS) is 10.7. The number of para-hydroxylation sites is 1. The number of benzene rings is 2. The van der Waals surface area contributed by atoms with Gasteiger partial charge in [0.2, 0.25) is 5.43 Å². The maximum atomic E-state index is 12.7. The highest BCUT2D eigenvalue weighted by Gasteiger charge is 2.12. The summed E-state index contributed by atoms with van der Waals surface area (Å²) in [5, 5.41) is 0.576. The predicted octanol–water partition coefficient (Wildman–Crippen LogP) is 3.79. The minimum atomic E-state index is -0.0582. The van der Waals surface area contributed by atoms with E-state index < -0.39 is 0 Å². The molecule has 1 aromatic heterocycles. The summed E-state index contributed by atoms with van der Waals surface area (Å²) in [6, 6.07) is 10.9. The van der Waals surface area contributed by atoms with Crippen LogP contribution in [0.2, 0.25) is 0 Å². The lowest BCUT2D eigenvalue weighted by molar-refractivity contribution is 0.355. The molecule has 4 nitrogen and oxygen atoms in total. The third kappa shape index (κ3) is 2.22. The maximum absolute atomic E-state index is 12.7. The lowest BCUT2D eigenvalue weighted by Gasteiger charge is -2.09. The van der Waals surface area contributed by atoms with Gasteiger partial charge in [-0.3, -0.25) is 4.79 Å². The van der Waals surface area contributed by atoms with E-state index in [1.165, 1.54) is 6.26 Å². The van der Waals surface area contributed by atoms with Crippen molar-refractivity contribution in [1.29, 1.82) is 0 Å². The van der Waals surface area contributed by atoms with Gasteiger partial charge in [0.15, 0.2) is 11.5 Å². The molecule has 0 N–H and O–H groups in total. The van der Waals surface area contributed by atoms with Gasteiger partial charge in [0.25, 0.3) is 0 Å². The number of hydrogen-bond donors (Lipinski definition) is 0. The summed E-state index contributed by atoms with van der Waals surface area (Å²) < 4.78 is 16.2. The van der Waals surface area contributed by atoms with Gasteiger partial charge in [-0.1, -0.05) is 18.2 Å². The van der Waals surface area contributed by atoms with Gasteiger partial charge in [0.05, 0.1) is 25.2 Å². The molecule has 3 rings (SSSR count). The van der Waals surface area contributed by atoms with E-state index in [9.17, 15) is 4.79 Å². The van der Waals surface area contributed by atoms with Crippen LogP contribution in [0.25, 0.3) is 22.1 Å².